The smallest absolute Gasteiger partial charge is 0.190 e. The molecule has 2 rings (SSSR count). The van der Waals surface area contributed by atoms with Crippen molar-refractivity contribution in [1.29, 1.82) is 0 Å². The minimum absolute atomic E-state index is 0. The third kappa shape index (κ3) is 7.05. The van der Waals surface area contributed by atoms with E-state index in [2.05, 4.69) is 59.8 Å². The third-order valence-corrected chi connectivity index (χ3v) is 3.84. The van der Waals surface area contributed by atoms with E-state index in [9.17, 15) is 0 Å². The second-order valence-corrected chi connectivity index (χ2v) is 6.40. The Morgan fingerprint density at radius 3 is 2.56 bits per heavy atom. The van der Waals surface area contributed by atoms with Gasteiger partial charge in [-0.2, -0.15) is 5.10 Å². The Kier molecular flexibility index (Phi) is 9.55. The van der Waals surface area contributed by atoms with E-state index in [-0.39, 0.29) is 24.0 Å². The van der Waals surface area contributed by atoms with Crippen molar-refractivity contribution in [1.82, 2.24) is 20.4 Å². The summed E-state index contributed by atoms with van der Waals surface area (Å²) in [5, 5.41) is 11.3. The van der Waals surface area contributed by atoms with Crippen LogP contribution < -0.4 is 10.6 Å². The zero-order valence-corrected chi connectivity index (χ0v) is 18.0. The molecule has 0 atom stereocenters. The summed E-state index contributed by atoms with van der Waals surface area (Å²) in [5.74, 6) is 1.48. The molecule has 0 unspecified atom stereocenters. The van der Waals surface area contributed by atoms with Gasteiger partial charge in [-0.25, -0.2) is 4.68 Å². The lowest BCUT2D eigenvalue weighted by molar-refractivity contribution is 0.612. The van der Waals surface area contributed by atoms with E-state index in [0.717, 1.165) is 43.3 Å². The highest BCUT2D eigenvalue weighted by atomic mass is 127. The Balaban J connectivity index is 0.00000312. The monoisotopic (exact) mass is 455 g/mol. The van der Waals surface area contributed by atoms with Crippen LogP contribution in [0.5, 0.6) is 0 Å². The fourth-order valence-corrected chi connectivity index (χ4v) is 2.46. The molecule has 0 aliphatic rings. The molecule has 1 aromatic carbocycles. The third-order valence-electron chi connectivity index (χ3n) is 3.84. The van der Waals surface area contributed by atoms with Crippen molar-refractivity contribution in [2.75, 3.05) is 20.1 Å². The van der Waals surface area contributed by atoms with Gasteiger partial charge in [0.2, 0.25) is 0 Å². The summed E-state index contributed by atoms with van der Waals surface area (Å²) in [6.45, 7) is 8.28. The van der Waals surface area contributed by atoms with Gasteiger partial charge in [0.05, 0.1) is 11.4 Å². The topological polar surface area (TPSA) is 54.2 Å². The Hall–Kier alpha value is -1.57. The molecule has 138 valence electrons. The molecule has 0 spiro atoms. The summed E-state index contributed by atoms with van der Waals surface area (Å²) >= 11 is 0. The van der Waals surface area contributed by atoms with Gasteiger partial charge < -0.3 is 10.6 Å². The molecule has 1 heterocycles. The number of hydrogen-bond donors (Lipinski definition) is 2. The van der Waals surface area contributed by atoms with E-state index < -0.39 is 0 Å². The summed E-state index contributed by atoms with van der Waals surface area (Å²) in [6, 6.07) is 10.2. The Bertz CT molecular complexity index is 649. The van der Waals surface area contributed by atoms with Gasteiger partial charge >= 0.3 is 0 Å². The number of nitrogens with one attached hydrogen (secondary N) is 2. The number of para-hydroxylation sites is 1. The molecule has 1 aromatic heterocycles. The van der Waals surface area contributed by atoms with Gasteiger partial charge in [-0.15, -0.1) is 24.0 Å². The first kappa shape index (κ1) is 21.5. The molecule has 0 aliphatic carbocycles. The number of aryl methyl sites for hydroxylation is 2. The van der Waals surface area contributed by atoms with Crippen molar-refractivity contribution >= 4 is 29.9 Å². The van der Waals surface area contributed by atoms with Crippen LogP contribution in [0.25, 0.3) is 5.69 Å². The summed E-state index contributed by atoms with van der Waals surface area (Å²) in [4.78, 5) is 4.24. The van der Waals surface area contributed by atoms with Crippen molar-refractivity contribution in [2.45, 2.75) is 33.6 Å². The molecular formula is C19H30IN5. The molecule has 0 saturated carbocycles. The fourth-order valence-electron chi connectivity index (χ4n) is 2.46. The molecule has 0 bridgehead atoms. The van der Waals surface area contributed by atoms with Crippen LogP contribution in [0.2, 0.25) is 0 Å². The van der Waals surface area contributed by atoms with Gasteiger partial charge in [0.25, 0.3) is 0 Å². The average molecular weight is 455 g/mol. The first-order valence-electron chi connectivity index (χ1n) is 8.65. The highest BCUT2D eigenvalue weighted by molar-refractivity contribution is 14.0. The molecular weight excluding hydrogens is 425 g/mol. The number of hydrogen-bond acceptors (Lipinski definition) is 2. The van der Waals surface area contributed by atoms with Crippen molar-refractivity contribution in [3.05, 3.63) is 47.8 Å². The minimum atomic E-state index is 0. The van der Waals surface area contributed by atoms with Crippen LogP contribution in [0.4, 0.5) is 0 Å². The van der Waals surface area contributed by atoms with E-state index in [4.69, 9.17) is 0 Å². The predicted molar refractivity (Wildman–Crippen MR) is 116 cm³/mol. The van der Waals surface area contributed by atoms with Gasteiger partial charge in [-0.1, -0.05) is 32.0 Å². The molecule has 5 nitrogen and oxygen atoms in total. The lowest BCUT2D eigenvalue weighted by Gasteiger charge is -2.13. The van der Waals surface area contributed by atoms with Gasteiger partial charge in [-0.05, 0) is 43.4 Å². The van der Waals surface area contributed by atoms with Crippen molar-refractivity contribution in [2.24, 2.45) is 10.9 Å². The molecule has 2 N–H and O–H groups in total. The van der Waals surface area contributed by atoms with E-state index in [1.807, 2.05) is 29.9 Å². The normalized spacial score (nSPS) is 11.3. The second kappa shape index (κ2) is 11.1. The van der Waals surface area contributed by atoms with Crippen LogP contribution in [0.3, 0.4) is 0 Å². The fraction of sp³-hybridized carbons (Fsp3) is 0.474. The number of halogens is 1. The molecule has 2 aromatic rings. The van der Waals surface area contributed by atoms with Crippen molar-refractivity contribution < 1.29 is 0 Å². The van der Waals surface area contributed by atoms with Gasteiger partial charge in [-0.3, -0.25) is 4.99 Å². The van der Waals surface area contributed by atoms with Gasteiger partial charge in [0, 0.05) is 26.3 Å². The van der Waals surface area contributed by atoms with E-state index in [0.29, 0.717) is 5.92 Å². The van der Waals surface area contributed by atoms with Crippen LogP contribution in [-0.4, -0.2) is 35.9 Å². The number of rotatable bonds is 7. The SMILES string of the molecule is CN=C(NCCCc1cn(-c2ccccc2)nc1C)NCC(C)C.I. The number of guanidine groups is 1. The van der Waals surface area contributed by atoms with E-state index in [1.54, 1.807) is 0 Å². The lowest BCUT2D eigenvalue weighted by Crippen LogP contribution is -2.39. The van der Waals surface area contributed by atoms with Crippen molar-refractivity contribution in [3.63, 3.8) is 0 Å². The number of benzene rings is 1. The van der Waals surface area contributed by atoms with E-state index >= 15 is 0 Å². The quantitative estimate of drug-likeness (QED) is 0.291. The van der Waals surface area contributed by atoms with Crippen LogP contribution >= 0.6 is 24.0 Å². The Morgan fingerprint density at radius 2 is 1.92 bits per heavy atom. The first-order valence-corrected chi connectivity index (χ1v) is 8.65. The largest absolute Gasteiger partial charge is 0.356 e. The van der Waals surface area contributed by atoms with Crippen LogP contribution in [0.1, 0.15) is 31.5 Å². The molecule has 0 aliphatic heterocycles. The molecule has 0 amide bonds. The summed E-state index contributed by atoms with van der Waals surface area (Å²) < 4.78 is 1.96. The number of aliphatic imine (C=N–C) groups is 1. The van der Waals surface area contributed by atoms with E-state index in [1.165, 1.54) is 5.56 Å². The maximum atomic E-state index is 4.62. The van der Waals surface area contributed by atoms with Crippen molar-refractivity contribution in [3.8, 4) is 5.69 Å². The molecule has 25 heavy (non-hydrogen) atoms. The van der Waals surface area contributed by atoms with Crippen LogP contribution in [0, 0.1) is 12.8 Å². The first-order chi connectivity index (χ1) is 11.6. The highest BCUT2D eigenvalue weighted by Gasteiger charge is 2.06. The Morgan fingerprint density at radius 1 is 1.20 bits per heavy atom. The molecule has 0 radical (unpaired) electrons. The minimum Gasteiger partial charge on any atom is -0.356 e. The van der Waals surface area contributed by atoms with Crippen LogP contribution in [-0.2, 0) is 6.42 Å². The zero-order chi connectivity index (χ0) is 17.4. The highest BCUT2D eigenvalue weighted by Crippen LogP contribution is 2.13. The van der Waals surface area contributed by atoms with Gasteiger partial charge in [0.1, 0.15) is 0 Å². The Labute approximate surface area is 168 Å². The standard InChI is InChI=1S/C19H29N5.HI/c1-15(2)13-22-19(20-4)21-12-8-9-17-14-24(23-16(17)3)18-10-6-5-7-11-18;/h5-7,10-11,14-15H,8-9,12-13H2,1-4H3,(H2,20,21,22);1H. The van der Waals surface area contributed by atoms with Gasteiger partial charge in [0.15, 0.2) is 5.96 Å². The van der Waals surface area contributed by atoms with Crippen LogP contribution in [0.15, 0.2) is 41.5 Å². The summed E-state index contributed by atoms with van der Waals surface area (Å²) in [7, 11) is 1.81. The molecule has 6 heteroatoms. The lowest BCUT2D eigenvalue weighted by atomic mass is 10.1. The molecule has 0 fully saturated rings. The zero-order valence-electron chi connectivity index (χ0n) is 15.6. The number of nitrogens with zero attached hydrogens (tertiary/aromatic N) is 3. The second-order valence-electron chi connectivity index (χ2n) is 6.40. The maximum Gasteiger partial charge on any atom is 0.190 e. The average Bonchev–Trinajstić information content (AvgIpc) is 2.96. The summed E-state index contributed by atoms with van der Waals surface area (Å²) in [6.07, 6.45) is 4.19. The predicted octanol–water partition coefficient (Wildman–Crippen LogP) is 3.55. The number of aromatic nitrogens is 2. The maximum absolute atomic E-state index is 4.62. The molecule has 0 saturated heterocycles. The summed E-state index contributed by atoms with van der Waals surface area (Å²) in [5.41, 5.74) is 3.50.